The number of unbranched alkanes of at least 4 members (excludes halogenated alkanes) is 2. The summed E-state index contributed by atoms with van der Waals surface area (Å²) in [5.41, 5.74) is 5.34. The number of rotatable bonds is 8. The van der Waals surface area contributed by atoms with Crippen molar-refractivity contribution in [3.05, 3.63) is 12.4 Å². The molecule has 90 valence electrons. The third-order valence-corrected chi connectivity index (χ3v) is 2.10. The first-order valence-electron chi connectivity index (χ1n) is 5.75. The van der Waals surface area contributed by atoms with Gasteiger partial charge in [-0.05, 0) is 6.42 Å². The Hall–Kier alpha value is -1.36. The first kappa shape index (κ1) is 12.7. The molecular weight excluding hydrogens is 204 g/mol. The number of hydrogen-bond donors (Lipinski definition) is 2. The minimum absolute atomic E-state index is 0.478. The quantitative estimate of drug-likeness (QED) is 0.653. The van der Waals surface area contributed by atoms with Gasteiger partial charge >= 0.3 is 0 Å². The fourth-order valence-corrected chi connectivity index (χ4v) is 1.27. The highest BCUT2D eigenvalue weighted by atomic mass is 16.5. The number of nitrogens with one attached hydrogen (secondary N) is 1. The highest BCUT2D eigenvalue weighted by molar-refractivity contribution is 5.36. The summed E-state index contributed by atoms with van der Waals surface area (Å²) >= 11 is 0. The highest BCUT2D eigenvalue weighted by Gasteiger charge is 1.98. The molecule has 1 rings (SSSR count). The minimum atomic E-state index is 0.478. The molecule has 0 saturated carbocycles. The highest BCUT2D eigenvalue weighted by Crippen LogP contribution is 2.10. The summed E-state index contributed by atoms with van der Waals surface area (Å²) in [5.74, 6) is 1.37. The molecule has 1 aromatic rings. The summed E-state index contributed by atoms with van der Waals surface area (Å²) < 4.78 is 5.31. The maximum atomic E-state index is 5.34. The lowest BCUT2D eigenvalue weighted by Gasteiger charge is -2.07. The second-order valence-corrected chi connectivity index (χ2v) is 3.51. The molecule has 0 atom stereocenters. The van der Waals surface area contributed by atoms with E-state index in [2.05, 4.69) is 22.2 Å². The van der Waals surface area contributed by atoms with Crippen molar-refractivity contribution < 1.29 is 4.74 Å². The standard InChI is InChI=1S/C11H20N4O/c1-2-3-4-6-13-10-8-11(15-9-14-10)16-7-5-12/h8-9H,2-7,12H2,1H3,(H,13,14,15). The Balaban J connectivity index is 2.35. The van der Waals surface area contributed by atoms with Crippen LogP contribution in [0.4, 0.5) is 5.82 Å². The van der Waals surface area contributed by atoms with Crippen molar-refractivity contribution in [2.75, 3.05) is 25.0 Å². The van der Waals surface area contributed by atoms with Crippen molar-refractivity contribution >= 4 is 5.82 Å². The largest absolute Gasteiger partial charge is 0.476 e. The summed E-state index contributed by atoms with van der Waals surface area (Å²) in [6.45, 7) is 4.08. The average molecular weight is 224 g/mol. The molecule has 0 unspecified atom stereocenters. The van der Waals surface area contributed by atoms with Crippen LogP contribution >= 0.6 is 0 Å². The van der Waals surface area contributed by atoms with Gasteiger partial charge < -0.3 is 15.8 Å². The van der Waals surface area contributed by atoms with Crippen LogP contribution in [0.3, 0.4) is 0 Å². The molecule has 0 aromatic carbocycles. The molecule has 0 aliphatic rings. The summed E-state index contributed by atoms with van der Waals surface area (Å²) in [5, 5.41) is 3.23. The molecular formula is C11H20N4O. The van der Waals surface area contributed by atoms with E-state index >= 15 is 0 Å². The van der Waals surface area contributed by atoms with E-state index in [0.29, 0.717) is 19.0 Å². The van der Waals surface area contributed by atoms with Crippen LogP contribution in [-0.2, 0) is 0 Å². The van der Waals surface area contributed by atoms with Crippen molar-refractivity contribution in [1.82, 2.24) is 9.97 Å². The van der Waals surface area contributed by atoms with Gasteiger partial charge in [0.05, 0.1) is 0 Å². The Morgan fingerprint density at radius 2 is 2.25 bits per heavy atom. The molecule has 0 aliphatic carbocycles. The first-order chi connectivity index (χ1) is 7.86. The summed E-state index contributed by atoms with van der Waals surface area (Å²) in [6, 6.07) is 1.79. The monoisotopic (exact) mass is 224 g/mol. The van der Waals surface area contributed by atoms with E-state index in [-0.39, 0.29) is 0 Å². The van der Waals surface area contributed by atoms with E-state index < -0.39 is 0 Å². The topological polar surface area (TPSA) is 73.1 Å². The molecule has 0 saturated heterocycles. The number of hydrogen-bond acceptors (Lipinski definition) is 5. The third-order valence-electron chi connectivity index (χ3n) is 2.10. The van der Waals surface area contributed by atoms with Crippen molar-refractivity contribution in [1.29, 1.82) is 0 Å². The summed E-state index contributed by atoms with van der Waals surface area (Å²) in [6.07, 6.45) is 5.10. The van der Waals surface area contributed by atoms with Gasteiger partial charge in [0, 0.05) is 19.2 Å². The molecule has 1 heterocycles. The molecule has 5 nitrogen and oxygen atoms in total. The van der Waals surface area contributed by atoms with E-state index in [1.807, 2.05) is 0 Å². The van der Waals surface area contributed by atoms with Gasteiger partial charge in [0.15, 0.2) is 0 Å². The van der Waals surface area contributed by atoms with Gasteiger partial charge in [-0.15, -0.1) is 0 Å². The van der Waals surface area contributed by atoms with Gasteiger partial charge in [-0.25, -0.2) is 9.97 Å². The van der Waals surface area contributed by atoms with E-state index in [0.717, 1.165) is 18.8 Å². The molecule has 0 aliphatic heterocycles. The number of nitrogens with zero attached hydrogens (tertiary/aromatic N) is 2. The van der Waals surface area contributed by atoms with Gasteiger partial charge in [0.25, 0.3) is 0 Å². The Kier molecular flexibility index (Phi) is 6.25. The van der Waals surface area contributed by atoms with E-state index in [4.69, 9.17) is 10.5 Å². The predicted molar refractivity (Wildman–Crippen MR) is 64.6 cm³/mol. The van der Waals surface area contributed by atoms with Gasteiger partial charge in [0.2, 0.25) is 5.88 Å². The molecule has 5 heteroatoms. The average Bonchev–Trinajstić information content (AvgIpc) is 2.33. The normalized spacial score (nSPS) is 10.1. The number of ether oxygens (including phenoxy) is 1. The zero-order valence-electron chi connectivity index (χ0n) is 9.78. The smallest absolute Gasteiger partial charge is 0.218 e. The molecule has 3 N–H and O–H groups in total. The summed E-state index contributed by atoms with van der Waals surface area (Å²) in [7, 11) is 0. The lowest BCUT2D eigenvalue weighted by atomic mass is 10.2. The van der Waals surface area contributed by atoms with Crippen LogP contribution in [0.15, 0.2) is 12.4 Å². The number of nitrogens with two attached hydrogens (primary N) is 1. The Bertz CT molecular complexity index is 293. The summed E-state index contributed by atoms with van der Waals surface area (Å²) in [4.78, 5) is 8.10. The van der Waals surface area contributed by atoms with Crippen LogP contribution in [0, 0.1) is 0 Å². The van der Waals surface area contributed by atoms with Gasteiger partial charge in [0.1, 0.15) is 18.8 Å². The Labute approximate surface area is 96.4 Å². The molecule has 1 aromatic heterocycles. The lowest BCUT2D eigenvalue weighted by molar-refractivity contribution is 0.315. The lowest BCUT2D eigenvalue weighted by Crippen LogP contribution is -2.11. The first-order valence-corrected chi connectivity index (χ1v) is 5.75. The predicted octanol–water partition coefficient (Wildman–Crippen LogP) is 1.42. The van der Waals surface area contributed by atoms with E-state index in [9.17, 15) is 0 Å². The molecule has 0 fully saturated rings. The van der Waals surface area contributed by atoms with E-state index in [1.165, 1.54) is 19.2 Å². The number of anilines is 1. The van der Waals surface area contributed by atoms with E-state index in [1.54, 1.807) is 6.07 Å². The Morgan fingerprint density at radius 1 is 1.38 bits per heavy atom. The van der Waals surface area contributed by atoms with Crippen LogP contribution in [0.25, 0.3) is 0 Å². The zero-order valence-corrected chi connectivity index (χ0v) is 9.78. The SMILES string of the molecule is CCCCCNc1cc(OCCN)ncn1. The molecule has 0 amide bonds. The van der Waals surface area contributed by atoms with Crippen molar-refractivity contribution in [3.8, 4) is 5.88 Å². The minimum Gasteiger partial charge on any atom is -0.476 e. The van der Waals surface area contributed by atoms with Crippen LogP contribution in [0.5, 0.6) is 5.88 Å². The molecule has 16 heavy (non-hydrogen) atoms. The fourth-order valence-electron chi connectivity index (χ4n) is 1.27. The van der Waals surface area contributed by atoms with Crippen LogP contribution in [-0.4, -0.2) is 29.7 Å². The second-order valence-electron chi connectivity index (χ2n) is 3.51. The van der Waals surface area contributed by atoms with Crippen molar-refractivity contribution in [2.45, 2.75) is 26.2 Å². The zero-order chi connectivity index (χ0) is 11.6. The second kappa shape index (κ2) is 7.87. The molecule has 0 radical (unpaired) electrons. The number of aromatic nitrogens is 2. The molecule has 0 spiro atoms. The van der Waals surface area contributed by atoms with Crippen LogP contribution in [0.1, 0.15) is 26.2 Å². The van der Waals surface area contributed by atoms with Gasteiger partial charge in [-0.2, -0.15) is 0 Å². The third kappa shape index (κ3) is 4.93. The maximum absolute atomic E-state index is 5.34. The van der Waals surface area contributed by atoms with Crippen molar-refractivity contribution in [2.24, 2.45) is 5.73 Å². The fraction of sp³-hybridized carbons (Fsp3) is 0.636. The Morgan fingerprint density at radius 3 is 3.00 bits per heavy atom. The van der Waals surface area contributed by atoms with Crippen molar-refractivity contribution in [3.63, 3.8) is 0 Å². The van der Waals surface area contributed by atoms with Crippen LogP contribution < -0.4 is 15.8 Å². The van der Waals surface area contributed by atoms with Gasteiger partial charge in [-0.1, -0.05) is 19.8 Å². The molecule has 0 bridgehead atoms. The van der Waals surface area contributed by atoms with Gasteiger partial charge in [-0.3, -0.25) is 0 Å². The maximum Gasteiger partial charge on any atom is 0.218 e. The van der Waals surface area contributed by atoms with Crippen LogP contribution in [0.2, 0.25) is 0 Å².